The van der Waals surface area contributed by atoms with Gasteiger partial charge in [-0.05, 0) is 30.5 Å². The quantitative estimate of drug-likeness (QED) is 0.845. The summed E-state index contributed by atoms with van der Waals surface area (Å²) < 4.78 is 5.12. The molecule has 0 aromatic heterocycles. The molecule has 1 fully saturated rings. The van der Waals surface area contributed by atoms with E-state index in [-0.39, 0.29) is 18.4 Å². The molecular weight excluding hydrogens is 242 g/mol. The zero-order chi connectivity index (χ0) is 13.7. The third kappa shape index (κ3) is 3.70. The Morgan fingerprint density at radius 2 is 2.11 bits per heavy atom. The average molecular weight is 263 g/mol. The average Bonchev–Trinajstić information content (AvgIpc) is 2.80. The van der Waals surface area contributed by atoms with Crippen LogP contribution in [0.25, 0.3) is 0 Å². The maximum absolute atomic E-state index is 11.7. The minimum Gasteiger partial charge on any atom is -0.497 e. The molecule has 1 unspecified atom stereocenters. The second-order valence-electron chi connectivity index (χ2n) is 5.04. The van der Waals surface area contributed by atoms with Gasteiger partial charge in [-0.15, -0.1) is 0 Å². The summed E-state index contributed by atoms with van der Waals surface area (Å²) >= 11 is 0. The van der Waals surface area contributed by atoms with E-state index in [0.717, 1.165) is 25.1 Å². The van der Waals surface area contributed by atoms with Gasteiger partial charge in [0, 0.05) is 32.0 Å². The van der Waals surface area contributed by atoms with E-state index in [0.29, 0.717) is 13.0 Å². The van der Waals surface area contributed by atoms with Crippen molar-refractivity contribution in [2.45, 2.75) is 19.3 Å². The van der Waals surface area contributed by atoms with Crippen molar-refractivity contribution in [2.24, 2.45) is 5.92 Å². The van der Waals surface area contributed by atoms with Crippen molar-refractivity contribution in [2.75, 3.05) is 26.8 Å². The summed E-state index contributed by atoms with van der Waals surface area (Å²) in [4.78, 5) is 13.5. The molecule has 1 N–H and O–H groups in total. The molecule has 0 radical (unpaired) electrons. The highest BCUT2D eigenvalue weighted by Gasteiger charge is 2.28. The van der Waals surface area contributed by atoms with Crippen molar-refractivity contribution in [1.82, 2.24) is 4.90 Å². The van der Waals surface area contributed by atoms with Gasteiger partial charge in [-0.25, -0.2) is 0 Å². The number of hydrogen-bond donors (Lipinski definition) is 1. The van der Waals surface area contributed by atoms with Gasteiger partial charge in [0.05, 0.1) is 7.11 Å². The van der Waals surface area contributed by atoms with Crippen LogP contribution in [0.5, 0.6) is 5.75 Å². The highest BCUT2D eigenvalue weighted by molar-refractivity contribution is 5.78. The maximum atomic E-state index is 11.7. The van der Waals surface area contributed by atoms with Crippen LogP contribution in [-0.4, -0.2) is 42.7 Å². The number of likely N-dealkylation sites (tertiary alicyclic amines) is 1. The molecule has 1 aromatic carbocycles. The lowest BCUT2D eigenvalue weighted by molar-refractivity contribution is -0.127. The molecular formula is C15H21NO3. The predicted molar refractivity (Wildman–Crippen MR) is 73.1 cm³/mol. The van der Waals surface area contributed by atoms with Crippen LogP contribution < -0.4 is 4.74 Å². The fraction of sp³-hybridized carbons (Fsp3) is 0.533. The lowest BCUT2D eigenvalue weighted by atomic mass is 10.1. The van der Waals surface area contributed by atoms with Gasteiger partial charge in [0.25, 0.3) is 0 Å². The number of aliphatic hydroxyl groups is 1. The number of methoxy groups -OCH3 is 1. The Labute approximate surface area is 114 Å². The van der Waals surface area contributed by atoms with Crippen LogP contribution in [0.15, 0.2) is 24.3 Å². The number of rotatable bonds is 6. The summed E-state index contributed by atoms with van der Waals surface area (Å²) in [5.74, 6) is 1.17. The monoisotopic (exact) mass is 263 g/mol. The number of aliphatic hydroxyl groups excluding tert-OH is 1. The fourth-order valence-corrected chi connectivity index (χ4v) is 2.46. The van der Waals surface area contributed by atoms with E-state index in [1.165, 1.54) is 5.56 Å². The van der Waals surface area contributed by atoms with Gasteiger partial charge >= 0.3 is 0 Å². The predicted octanol–water partition coefficient (Wildman–Crippen LogP) is 1.47. The summed E-state index contributed by atoms with van der Waals surface area (Å²) in [7, 11) is 1.66. The van der Waals surface area contributed by atoms with Crippen molar-refractivity contribution in [1.29, 1.82) is 0 Å². The number of carbonyl (C=O) groups excluding carboxylic acids is 1. The Balaban J connectivity index is 1.75. The van der Waals surface area contributed by atoms with Gasteiger partial charge in [-0.2, -0.15) is 0 Å². The molecule has 1 saturated heterocycles. The highest BCUT2D eigenvalue weighted by atomic mass is 16.5. The topological polar surface area (TPSA) is 49.8 Å². The Kier molecular flexibility index (Phi) is 4.80. The molecule has 4 nitrogen and oxygen atoms in total. The fourth-order valence-electron chi connectivity index (χ4n) is 2.46. The third-order valence-electron chi connectivity index (χ3n) is 3.61. The molecule has 1 aliphatic heterocycles. The first-order valence-electron chi connectivity index (χ1n) is 6.74. The summed E-state index contributed by atoms with van der Waals surface area (Å²) in [5.41, 5.74) is 1.26. The molecule has 104 valence electrons. The first kappa shape index (κ1) is 13.9. The van der Waals surface area contributed by atoms with Crippen LogP contribution >= 0.6 is 0 Å². The van der Waals surface area contributed by atoms with Crippen LogP contribution in [0.3, 0.4) is 0 Å². The summed E-state index contributed by atoms with van der Waals surface area (Å²) in [6.45, 7) is 1.60. The van der Waals surface area contributed by atoms with Crippen molar-refractivity contribution < 1.29 is 14.6 Å². The van der Waals surface area contributed by atoms with E-state index in [2.05, 4.69) is 12.1 Å². The number of ether oxygens (including phenoxy) is 1. The molecule has 1 aromatic rings. The number of nitrogens with zero attached hydrogens (tertiary/aromatic N) is 1. The summed E-state index contributed by atoms with van der Waals surface area (Å²) in [6.07, 6.45) is 2.41. The molecule has 1 aliphatic rings. The van der Waals surface area contributed by atoms with Gasteiger partial charge in [0.1, 0.15) is 5.75 Å². The molecule has 1 atom stereocenters. The first-order valence-corrected chi connectivity index (χ1v) is 6.74. The lowest BCUT2D eigenvalue weighted by Crippen LogP contribution is -2.27. The smallest absolute Gasteiger partial charge is 0.223 e. The van der Waals surface area contributed by atoms with E-state index >= 15 is 0 Å². The SMILES string of the molecule is COc1ccc(CCCN2CC(CO)CC2=O)cc1. The molecule has 0 spiro atoms. The Bertz CT molecular complexity index is 416. The van der Waals surface area contributed by atoms with Crippen LogP contribution in [-0.2, 0) is 11.2 Å². The molecule has 0 saturated carbocycles. The number of aryl methyl sites for hydroxylation is 1. The van der Waals surface area contributed by atoms with Gasteiger partial charge in [0.15, 0.2) is 0 Å². The maximum Gasteiger partial charge on any atom is 0.223 e. The summed E-state index contributed by atoms with van der Waals surface area (Å²) in [5, 5.41) is 9.06. The zero-order valence-corrected chi connectivity index (χ0v) is 11.3. The molecule has 1 heterocycles. The van der Waals surface area contributed by atoms with E-state index in [4.69, 9.17) is 9.84 Å². The van der Waals surface area contributed by atoms with Crippen LogP contribution in [0.4, 0.5) is 0 Å². The third-order valence-corrected chi connectivity index (χ3v) is 3.61. The van der Waals surface area contributed by atoms with Crippen molar-refractivity contribution in [3.05, 3.63) is 29.8 Å². The highest BCUT2D eigenvalue weighted by Crippen LogP contribution is 2.18. The van der Waals surface area contributed by atoms with Crippen LogP contribution in [0, 0.1) is 5.92 Å². The van der Waals surface area contributed by atoms with Gasteiger partial charge in [-0.1, -0.05) is 12.1 Å². The molecule has 0 aliphatic carbocycles. The van der Waals surface area contributed by atoms with Crippen LogP contribution in [0.2, 0.25) is 0 Å². The standard InChI is InChI=1S/C15H21NO3/c1-19-14-6-4-12(5-7-14)3-2-8-16-10-13(11-17)9-15(16)18/h4-7,13,17H,2-3,8-11H2,1H3. The van der Waals surface area contributed by atoms with E-state index in [1.807, 2.05) is 17.0 Å². The Hall–Kier alpha value is -1.55. The second-order valence-corrected chi connectivity index (χ2v) is 5.04. The van der Waals surface area contributed by atoms with Crippen molar-refractivity contribution in [3.63, 3.8) is 0 Å². The zero-order valence-electron chi connectivity index (χ0n) is 11.3. The molecule has 4 heteroatoms. The largest absolute Gasteiger partial charge is 0.497 e. The molecule has 19 heavy (non-hydrogen) atoms. The number of hydrogen-bond acceptors (Lipinski definition) is 3. The van der Waals surface area contributed by atoms with Crippen LogP contribution in [0.1, 0.15) is 18.4 Å². The Morgan fingerprint density at radius 3 is 2.68 bits per heavy atom. The van der Waals surface area contributed by atoms with Crippen molar-refractivity contribution in [3.8, 4) is 5.75 Å². The van der Waals surface area contributed by atoms with Gasteiger partial charge in [0.2, 0.25) is 5.91 Å². The number of carbonyl (C=O) groups is 1. The summed E-state index contributed by atoms with van der Waals surface area (Å²) in [6, 6.07) is 8.03. The van der Waals surface area contributed by atoms with Crippen molar-refractivity contribution >= 4 is 5.91 Å². The number of benzene rings is 1. The number of amides is 1. The Morgan fingerprint density at radius 1 is 1.37 bits per heavy atom. The molecule has 0 bridgehead atoms. The minimum atomic E-state index is 0.112. The lowest BCUT2D eigenvalue weighted by Gasteiger charge is -2.16. The van der Waals surface area contributed by atoms with E-state index in [1.54, 1.807) is 7.11 Å². The van der Waals surface area contributed by atoms with Gasteiger partial charge < -0.3 is 14.7 Å². The first-order chi connectivity index (χ1) is 9.22. The molecule has 1 amide bonds. The minimum absolute atomic E-state index is 0.112. The second kappa shape index (κ2) is 6.57. The molecule has 2 rings (SSSR count). The van der Waals surface area contributed by atoms with Gasteiger partial charge in [-0.3, -0.25) is 4.79 Å². The van der Waals surface area contributed by atoms with E-state index in [9.17, 15) is 4.79 Å². The normalized spacial score (nSPS) is 18.9. The van der Waals surface area contributed by atoms with E-state index < -0.39 is 0 Å².